The Morgan fingerprint density at radius 2 is 1.48 bits per heavy atom. The third kappa shape index (κ3) is 13.3. The first-order chi connectivity index (χ1) is 11.9. The number of unbranched alkanes of at least 4 members (excludes halogenated alkanes) is 9. The molecule has 0 bridgehead atoms. The van der Waals surface area contributed by atoms with Gasteiger partial charge in [0, 0.05) is 17.6 Å². The summed E-state index contributed by atoms with van der Waals surface area (Å²) in [6.45, 7) is 5.72. The fourth-order valence-corrected chi connectivity index (χ4v) is 2.52. The van der Waals surface area contributed by atoms with Crippen molar-refractivity contribution in [2.75, 3.05) is 0 Å². The third-order valence-electron chi connectivity index (χ3n) is 4.33. The first-order valence-electron chi connectivity index (χ1n) is 9.62. The number of esters is 2. The molecule has 0 saturated heterocycles. The van der Waals surface area contributed by atoms with Crippen molar-refractivity contribution in [1.29, 1.82) is 0 Å². The molecule has 0 radical (unpaired) electrons. The van der Waals surface area contributed by atoms with Crippen molar-refractivity contribution in [3.8, 4) is 0 Å². The van der Waals surface area contributed by atoms with Gasteiger partial charge in [-0.15, -0.1) is 0 Å². The third-order valence-corrected chi connectivity index (χ3v) is 4.33. The molecule has 2 N–H and O–H groups in total. The number of carbonyl (C=O) groups is 3. The van der Waals surface area contributed by atoms with Crippen LogP contribution in [-0.4, -0.2) is 17.8 Å². The van der Waals surface area contributed by atoms with E-state index in [-0.39, 0.29) is 11.8 Å². The largest absolute Gasteiger partial charge is 0.386 e. The van der Waals surface area contributed by atoms with Crippen LogP contribution in [0.25, 0.3) is 0 Å². The maximum absolute atomic E-state index is 10.8. The number of carbonyl (C=O) groups excluding carboxylic acids is 3. The summed E-state index contributed by atoms with van der Waals surface area (Å²) in [4.78, 5) is 31.2. The summed E-state index contributed by atoms with van der Waals surface area (Å²) in [5.74, 6) is -1.19. The molecule has 1 unspecified atom stereocenters. The number of amides is 1. The molecule has 0 fully saturated rings. The van der Waals surface area contributed by atoms with E-state index in [9.17, 15) is 14.4 Å². The number of nitrogens with two attached hydrogens (primary N) is 1. The minimum atomic E-state index is -0.562. The summed E-state index contributed by atoms with van der Waals surface area (Å²) >= 11 is 0. The standard InChI is InChI=1S/C15H31NO.C5H4O3/c1-3-4-5-6-7-8-9-10-11-12-13-14(2)15(16)17;1-3-2-4(6)8-5(3)7/h14H,3-13H2,1-2H3,(H2,16,17);2H,1H3. The van der Waals surface area contributed by atoms with Crippen LogP contribution in [0, 0.1) is 5.92 Å². The molecule has 0 aliphatic carbocycles. The predicted octanol–water partition coefficient (Wildman–Crippen LogP) is 4.43. The van der Waals surface area contributed by atoms with Gasteiger partial charge in [-0.1, -0.05) is 78.1 Å². The van der Waals surface area contributed by atoms with Gasteiger partial charge in [0.05, 0.1) is 0 Å². The van der Waals surface area contributed by atoms with Gasteiger partial charge in [-0.05, 0) is 13.3 Å². The molecule has 0 saturated carbocycles. The van der Waals surface area contributed by atoms with Crippen LogP contribution in [0.1, 0.15) is 91.4 Å². The van der Waals surface area contributed by atoms with Crippen molar-refractivity contribution in [1.82, 2.24) is 0 Å². The average molecular weight is 354 g/mol. The first kappa shape index (κ1) is 23.4. The maximum atomic E-state index is 10.8. The van der Waals surface area contributed by atoms with Gasteiger partial charge in [0.1, 0.15) is 0 Å². The molecule has 25 heavy (non-hydrogen) atoms. The van der Waals surface area contributed by atoms with E-state index in [1.54, 1.807) is 0 Å². The van der Waals surface area contributed by atoms with Gasteiger partial charge in [0.15, 0.2) is 0 Å². The van der Waals surface area contributed by atoms with Gasteiger partial charge in [-0.25, -0.2) is 9.59 Å². The summed E-state index contributed by atoms with van der Waals surface area (Å²) < 4.78 is 4.10. The molecule has 144 valence electrons. The highest BCUT2D eigenvalue weighted by atomic mass is 16.6. The van der Waals surface area contributed by atoms with Crippen LogP contribution in [-0.2, 0) is 19.1 Å². The zero-order chi connectivity index (χ0) is 19.1. The Balaban J connectivity index is 0.000000593. The van der Waals surface area contributed by atoms with E-state index in [0.29, 0.717) is 5.57 Å². The van der Waals surface area contributed by atoms with Gasteiger partial charge in [0.2, 0.25) is 5.91 Å². The average Bonchev–Trinajstić information content (AvgIpc) is 2.85. The van der Waals surface area contributed by atoms with Crippen molar-refractivity contribution in [3.63, 3.8) is 0 Å². The summed E-state index contributed by atoms with van der Waals surface area (Å²) in [6.07, 6.45) is 15.5. The van der Waals surface area contributed by atoms with Crippen LogP contribution in [0.15, 0.2) is 11.6 Å². The lowest BCUT2D eigenvalue weighted by Gasteiger charge is -2.06. The van der Waals surface area contributed by atoms with Crippen molar-refractivity contribution in [3.05, 3.63) is 11.6 Å². The molecular formula is C20H35NO4. The number of hydrogen-bond acceptors (Lipinski definition) is 4. The summed E-state index contributed by atoms with van der Waals surface area (Å²) in [7, 11) is 0. The maximum Gasteiger partial charge on any atom is 0.341 e. The van der Waals surface area contributed by atoms with E-state index >= 15 is 0 Å². The number of ether oxygens (including phenoxy) is 1. The smallest absolute Gasteiger partial charge is 0.341 e. The Kier molecular flexibility index (Phi) is 13.7. The number of cyclic esters (lactones) is 2. The fourth-order valence-electron chi connectivity index (χ4n) is 2.52. The van der Waals surface area contributed by atoms with Crippen molar-refractivity contribution < 1.29 is 19.1 Å². The Morgan fingerprint density at radius 1 is 1.00 bits per heavy atom. The number of hydrogen-bond donors (Lipinski definition) is 1. The second-order valence-electron chi connectivity index (χ2n) is 6.81. The molecule has 1 amide bonds. The normalized spacial score (nSPS) is 14.4. The lowest BCUT2D eigenvalue weighted by Crippen LogP contribution is -2.20. The van der Waals surface area contributed by atoms with Gasteiger partial charge >= 0.3 is 11.9 Å². The minimum absolute atomic E-state index is 0.0593. The second-order valence-corrected chi connectivity index (χ2v) is 6.81. The number of rotatable bonds is 12. The second kappa shape index (κ2) is 14.7. The minimum Gasteiger partial charge on any atom is -0.386 e. The van der Waals surface area contributed by atoms with E-state index in [1.807, 2.05) is 6.92 Å². The molecule has 0 aromatic rings. The Hall–Kier alpha value is -1.65. The molecule has 0 aromatic carbocycles. The van der Waals surface area contributed by atoms with E-state index in [1.165, 1.54) is 70.8 Å². The van der Waals surface area contributed by atoms with E-state index < -0.39 is 11.9 Å². The van der Waals surface area contributed by atoms with Gasteiger partial charge in [-0.2, -0.15) is 0 Å². The van der Waals surface area contributed by atoms with Crippen LogP contribution < -0.4 is 5.73 Å². The summed E-state index contributed by atoms with van der Waals surface area (Å²) in [5, 5.41) is 0. The zero-order valence-corrected chi connectivity index (χ0v) is 16.1. The highest BCUT2D eigenvalue weighted by Gasteiger charge is 2.18. The molecule has 0 spiro atoms. The molecule has 1 heterocycles. The summed E-state index contributed by atoms with van der Waals surface area (Å²) in [5.41, 5.74) is 5.59. The van der Waals surface area contributed by atoms with Crippen LogP contribution >= 0.6 is 0 Å². The van der Waals surface area contributed by atoms with Gasteiger partial charge < -0.3 is 10.5 Å². The molecular weight excluding hydrogens is 318 g/mol. The molecule has 1 aliphatic heterocycles. The molecule has 0 aromatic heterocycles. The van der Waals surface area contributed by atoms with E-state index in [4.69, 9.17) is 5.73 Å². The summed E-state index contributed by atoms with van der Waals surface area (Å²) in [6, 6.07) is 0. The number of primary amides is 1. The van der Waals surface area contributed by atoms with Crippen LogP contribution in [0.2, 0.25) is 0 Å². The topological polar surface area (TPSA) is 86.5 Å². The molecule has 1 atom stereocenters. The molecule has 5 heteroatoms. The van der Waals surface area contributed by atoms with Crippen molar-refractivity contribution in [2.24, 2.45) is 11.7 Å². The highest BCUT2D eigenvalue weighted by Crippen LogP contribution is 2.13. The highest BCUT2D eigenvalue weighted by molar-refractivity contribution is 6.08. The van der Waals surface area contributed by atoms with Crippen molar-refractivity contribution in [2.45, 2.75) is 91.4 Å². The van der Waals surface area contributed by atoms with Crippen LogP contribution in [0.5, 0.6) is 0 Å². The van der Waals surface area contributed by atoms with E-state index in [0.717, 1.165) is 12.8 Å². The Morgan fingerprint density at radius 3 is 1.80 bits per heavy atom. The van der Waals surface area contributed by atoms with E-state index in [2.05, 4.69) is 11.7 Å². The predicted molar refractivity (Wildman–Crippen MR) is 99.7 cm³/mol. The molecule has 1 rings (SSSR count). The monoisotopic (exact) mass is 353 g/mol. The van der Waals surface area contributed by atoms with Gasteiger partial charge in [-0.3, -0.25) is 4.79 Å². The quantitative estimate of drug-likeness (QED) is 0.319. The van der Waals surface area contributed by atoms with Crippen molar-refractivity contribution >= 4 is 17.8 Å². The Bertz CT molecular complexity index is 443. The first-order valence-corrected chi connectivity index (χ1v) is 9.62. The molecule has 5 nitrogen and oxygen atoms in total. The molecule has 1 aliphatic rings. The Labute approximate surface area is 152 Å². The van der Waals surface area contributed by atoms with Gasteiger partial charge in [0.25, 0.3) is 0 Å². The SMILES string of the molecule is CC1=CC(=O)OC1=O.CCCCCCCCCCCCC(C)C(N)=O. The van der Waals surface area contributed by atoms with Crippen LogP contribution in [0.3, 0.4) is 0 Å². The zero-order valence-electron chi connectivity index (χ0n) is 16.1. The fraction of sp³-hybridized carbons (Fsp3) is 0.750. The lowest BCUT2D eigenvalue weighted by atomic mass is 10.0. The van der Waals surface area contributed by atoms with Crippen LogP contribution in [0.4, 0.5) is 0 Å². The lowest BCUT2D eigenvalue weighted by molar-refractivity contribution is -0.150.